The highest BCUT2D eigenvalue weighted by molar-refractivity contribution is 5.94. The molecule has 0 saturated carbocycles. The molecule has 1 atom stereocenters. The van der Waals surface area contributed by atoms with E-state index in [0.29, 0.717) is 12.1 Å². The number of carbonyl (C=O) groups excluding carboxylic acids is 1. The fourth-order valence-corrected chi connectivity index (χ4v) is 1.59. The van der Waals surface area contributed by atoms with E-state index in [9.17, 15) is 4.79 Å². The van der Waals surface area contributed by atoms with Crippen molar-refractivity contribution in [2.75, 3.05) is 13.6 Å². The largest absolute Gasteiger partial charge is 0.350 e. The van der Waals surface area contributed by atoms with E-state index in [0.717, 1.165) is 11.5 Å². The number of hydrogen-bond acceptors (Lipinski definition) is 4. The predicted octanol–water partition coefficient (Wildman–Crippen LogP) is 0.375. The predicted molar refractivity (Wildman–Crippen MR) is 68.6 cm³/mol. The molecule has 2 N–H and O–H groups in total. The van der Waals surface area contributed by atoms with E-state index >= 15 is 0 Å². The van der Waals surface area contributed by atoms with Gasteiger partial charge in [-0.3, -0.25) is 9.20 Å². The van der Waals surface area contributed by atoms with Crippen LogP contribution in [0.25, 0.3) is 5.65 Å². The zero-order valence-electron chi connectivity index (χ0n) is 10.8. The molecule has 0 aliphatic heterocycles. The maximum absolute atomic E-state index is 11.9. The average Bonchev–Trinajstić information content (AvgIpc) is 2.76. The highest BCUT2D eigenvalue weighted by Crippen LogP contribution is 2.06. The fraction of sp³-hybridized carbons (Fsp3) is 0.417. The van der Waals surface area contributed by atoms with E-state index in [1.807, 2.05) is 20.9 Å². The molecule has 2 aromatic heterocycles. The van der Waals surface area contributed by atoms with E-state index in [4.69, 9.17) is 0 Å². The number of likely N-dealkylation sites (N-methyl/N-ethyl adjacent to an activating group) is 1. The molecule has 1 unspecified atom stereocenters. The number of fused-ring (bicyclic) bond motifs is 1. The Balaban J connectivity index is 2.15. The van der Waals surface area contributed by atoms with Crippen LogP contribution in [0.1, 0.15) is 23.1 Å². The summed E-state index contributed by atoms with van der Waals surface area (Å²) in [6.07, 6.45) is 1.75. The summed E-state index contributed by atoms with van der Waals surface area (Å²) >= 11 is 0. The second kappa shape index (κ2) is 5.14. The van der Waals surface area contributed by atoms with Gasteiger partial charge in [0.05, 0.1) is 5.56 Å². The van der Waals surface area contributed by atoms with Crippen molar-refractivity contribution < 1.29 is 4.79 Å². The van der Waals surface area contributed by atoms with Gasteiger partial charge in [-0.05, 0) is 33.0 Å². The molecule has 2 aromatic rings. The number of pyridine rings is 1. The number of nitrogens with zero attached hydrogens (tertiary/aromatic N) is 3. The van der Waals surface area contributed by atoms with Crippen molar-refractivity contribution in [3.05, 3.63) is 29.7 Å². The van der Waals surface area contributed by atoms with Crippen LogP contribution in [0.3, 0.4) is 0 Å². The van der Waals surface area contributed by atoms with E-state index in [2.05, 4.69) is 20.8 Å². The molecule has 0 aliphatic rings. The van der Waals surface area contributed by atoms with E-state index in [-0.39, 0.29) is 11.9 Å². The van der Waals surface area contributed by atoms with E-state index in [1.54, 1.807) is 22.7 Å². The minimum atomic E-state index is -0.0906. The minimum Gasteiger partial charge on any atom is -0.350 e. The van der Waals surface area contributed by atoms with Crippen LogP contribution < -0.4 is 10.6 Å². The van der Waals surface area contributed by atoms with Crippen molar-refractivity contribution >= 4 is 11.6 Å². The summed E-state index contributed by atoms with van der Waals surface area (Å²) in [5.74, 6) is 0.676. The lowest BCUT2D eigenvalue weighted by molar-refractivity contribution is 0.0950. The summed E-state index contributed by atoms with van der Waals surface area (Å²) in [6, 6.07) is 3.79. The summed E-state index contributed by atoms with van der Waals surface area (Å²) in [7, 11) is 1.86. The van der Waals surface area contributed by atoms with Crippen LogP contribution in [0.2, 0.25) is 0 Å². The summed E-state index contributed by atoms with van der Waals surface area (Å²) in [5, 5.41) is 13.9. The monoisotopic (exact) mass is 247 g/mol. The first kappa shape index (κ1) is 12.5. The molecule has 96 valence electrons. The molecule has 0 saturated heterocycles. The van der Waals surface area contributed by atoms with Gasteiger partial charge in [-0.25, -0.2) is 0 Å². The summed E-state index contributed by atoms with van der Waals surface area (Å²) in [6.45, 7) is 4.45. The first-order valence-electron chi connectivity index (χ1n) is 5.88. The third-order valence-electron chi connectivity index (χ3n) is 2.90. The fourth-order valence-electron chi connectivity index (χ4n) is 1.59. The molecule has 6 nitrogen and oxygen atoms in total. The zero-order chi connectivity index (χ0) is 13.1. The molecule has 0 aliphatic carbocycles. The Bertz CT molecular complexity index is 563. The van der Waals surface area contributed by atoms with Crippen LogP contribution in [-0.4, -0.2) is 40.1 Å². The molecule has 1 amide bonds. The van der Waals surface area contributed by atoms with Crippen LogP contribution in [0.5, 0.6) is 0 Å². The lowest BCUT2D eigenvalue weighted by Crippen LogP contribution is -2.37. The van der Waals surface area contributed by atoms with Crippen LogP contribution >= 0.6 is 0 Å². The van der Waals surface area contributed by atoms with Gasteiger partial charge in [-0.1, -0.05) is 0 Å². The van der Waals surface area contributed by atoms with Gasteiger partial charge in [0.2, 0.25) is 0 Å². The Labute approximate surface area is 105 Å². The van der Waals surface area contributed by atoms with Crippen LogP contribution in [0.4, 0.5) is 0 Å². The highest BCUT2D eigenvalue weighted by Gasteiger charge is 2.09. The first-order chi connectivity index (χ1) is 8.61. The second-order valence-electron chi connectivity index (χ2n) is 4.29. The van der Waals surface area contributed by atoms with Crippen molar-refractivity contribution in [3.63, 3.8) is 0 Å². The quantitative estimate of drug-likeness (QED) is 0.819. The van der Waals surface area contributed by atoms with Crippen molar-refractivity contribution in [1.82, 2.24) is 25.2 Å². The van der Waals surface area contributed by atoms with Gasteiger partial charge in [0.25, 0.3) is 5.91 Å². The maximum atomic E-state index is 11.9. The lowest BCUT2D eigenvalue weighted by atomic mass is 10.2. The van der Waals surface area contributed by atoms with Crippen molar-refractivity contribution in [3.8, 4) is 0 Å². The normalized spacial score (nSPS) is 12.6. The SMILES string of the molecule is CNC(C)CNC(=O)c1ccc2nnc(C)n2c1. The van der Waals surface area contributed by atoms with Crippen LogP contribution in [-0.2, 0) is 0 Å². The van der Waals surface area contributed by atoms with Gasteiger partial charge in [-0.2, -0.15) is 0 Å². The number of rotatable bonds is 4. The van der Waals surface area contributed by atoms with Gasteiger partial charge in [-0.15, -0.1) is 10.2 Å². The number of amides is 1. The molecule has 6 heteroatoms. The average molecular weight is 247 g/mol. The molecule has 0 bridgehead atoms. The van der Waals surface area contributed by atoms with Gasteiger partial charge in [0.1, 0.15) is 5.82 Å². The molecule has 0 spiro atoms. The Kier molecular flexibility index (Phi) is 3.57. The third kappa shape index (κ3) is 2.48. The first-order valence-corrected chi connectivity index (χ1v) is 5.88. The van der Waals surface area contributed by atoms with E-state index in [1.165, 1.54) is 0 Å². The maximum Gasteiger partial charge on any atom is 0.252 e. The zero-order valence-corrected chi connectivity index (χ0v) is 10.8. The molecule has 0 radical (unpaired) electrons. The number of nitrogens with one attached hydrogen (secondary N) is 2. The van der Waals surface area contributed by atoms with E-state index < -0.39 is 0 Å². The van der Waals surface area contributed by atoms with Crippen LogP contribution in [0, 0.1) is 6.92 Å². The molecule has 0 fully saturated rings. The summed E-state index contributed by atoms with van der Waals surface area (Å²) < 4.78 is 1.80. The Morgan fingerprint density at radius 2 is 2.22 bits per heavy atom. The Morgan fingerprint density at radius 3 is 2.94 bits per heavy atom. The van der Waals surface area contributed by atoms with Gasteiger partial charge in [0, 0.05) is 18.8 Å². The number of aryl methyl sites for hydroxylation is 1. The number of carbonyl (C=O) groups is 1. The highest BCUT2D eigenvalue weighted by atomic mass is 16.1. The molecule has 18 heavy (non-hydrogen) atoms. The minimum absolute atomic E-state index is 0.0906. The lowest BCUT2D eigenvalue weighted by Gasteiger charge is -2.11. The smallest absolute Gasteiger partial charge is 0.252 e. The van der Waals surface area contributed by atoms with Gasteiger partial charge in [0.15, 0.2) is 5.65 Å². The standard InChI is InChI=1S/C12H17N5O/c1-8(13-3)6-14-12(18)10-4-5-11-16-15-9(2)17(11)7-10/h4-5,7-8,13H,6H2,1-3H3,(H,14,18). The van der Waals surface area contributed by atoms with Crippen LogP contribution in [0.15, 0.2) is 18.3 Å². The van der Waals surface area contributed by atoms with Crippen molar-refractivity contribution in [2.24, 2.45) is 0 Å². The molecular weight excluding hydrogens is 230 g/mol. The van der Waals surface area contributed by atoms with Crippen molar-refractivity contribution in [2.45, 2.75) is 19.9 Å². The Morgan fingerprint density at radius 1 is 1.44 bits per heavy atom. The molecular formula is C12H17N5O. The second-order valence-corrected chi connectivity index (χ2v) is 4.29. The molecule has 2 heterocycles. The van der Waals surface area contributed by atoms with Gasteiger partial charge >= 0.3 is 0 Å². The number of hydrogen-bond donors (Lipinski definition) is 2. The van der Waals surface area contributed by atoms with Gasteiger partial charge < -0.3 is 10.6 Å². The molecule has 2 rings (SSSR count). The summed E-state index contributed by atoms with van der Waals surface area (Å²) in [5.41, 5.74) is 1.35. The molecule has 0 aromatic carbocycles. The Hall–Kier alpha value is -1.95. The van der Waals surface area contributed by atoms with Crippen molar-refractivity contribution in [1.29, 1.82) is 0 Å². The summed E-state index contributed by atoms with van der Waals surface area (Å²) in [4.78, 5) is 11.9. The topological polar surface area (TPSA) is 71.3 Å². The number of aromatic nitrogens is 3. The third-order valence-corrected chi connectivity index (χ3v) is 2.90.